The van der Waals surface area contributed by atoms with Gasteiger partial charge < -0.3 is 5.32 Å². The summed E-state index contributed by atoms with van der Waals surface area (Å²) in [5, 5.41) is 7.21. The molecular formula is C17H14N2O2S2. The predicted octanol–water partition coefficient (Wildman–Crippen LogP) is 4.47. The first kappa shape index (κ1) is 15.6. The Morgan fingerprint density at radius 3 is 2.57 bits per heavy atom. The van der Waals surface area contributed by atoms with Crippen molar-refractivity contribution < 1.29 is 9.59 Å². The molecule has 0 aliphatic heterocycles. The van der Waals surface area contributed by atoms with Crippen molar-refractivity contribution in [1.82, 2.24) is 4.98 Å². The van der Waals surface area contributed by atoms with Crippen molar-refractivity contribution in [3.05, 3.63) is 58.8 Å². The Morgan fingerprint density at radius 1 is 1.00 bits per heavy atom. The molecule has 3 rings (SSSR count). The number of benzene rings is 1. The second-order valence-corrected chi connectivity index (χ2v) is 6.66. The third-order valence-electron chi connectivity index (χ3n) is 3.20. The van der Waals surface area contributed by atoms with Crippen molar-refractivity contribution in [2.75, 3.05) is 5.32 Å². The van der Waals surface area contributed by atoms with E-state index in [1.807, 2.05) is 41.1 Å². The normalized spacial score (nSPS) is 10.4. The average molecular weight is 342 g/mol. The molecule has 0 unspecified atom stereocenters. The van der Waals surface area contributed by atoms with Crippen LogP contribution in [0.15, 0.2) is 53.2 Å². The molecule has 0 bridgehead atoms. The quantitative estimate of drug-likeness (QED) is 0.672. The Kier molecular flexibility index (Phi) is 4.95. The first-order chi connectivity index (χ1) is 11.2. The van der Waals surface area contributed by atoms with E-state index in [1.165, 1.54) is 11.3 Å². The summed E-state index contributed by atoms with van der Waals surface area (Å²) in [6.45, 7) is 0. The number of carbonyl (C=O) groups is 2. The van der Waals surface area contributed by atoms with Crippen molar-refractivity contribution in [1.29, 1.82) is 0 Å². The number of thiophene rings is 1. The third kappa shape index (κ3) is 4.12. The molecule has 0 spiro atoms. The summed E-state index contributed by atoms with van der Waals surface area (Å²) in [7, 11) is 0. The number of hydrogen-bond acceptors (Lipinski definition) is 5. The summed E-state index contributed by atoms with van der Waals surface area (Å²) < 4.78 is 0. The number of rotatable bonds is 6. The number of carbonyl (C=O) groups excluding carboxylic acids is 2. The standard InChI is InChI=1S/C17H14N2O2S2/c20-14(12-5-2-1-3-6-12)8-9-16(21)19-17-18-13(11-23-17)15-7-4-10-22-15/h1-7,10-11H,8-9H2,(H,18,19,21). The van der Waals surface area contributed by atoms with E-state index in [4.69, 9.17) is 0 Å². The lowest BCUT2D eigenvalue weighted by Gasteiger charge is -2.02. The van der Waals surface area contributed by atoms with E-state index < -0.39 is 0 Å². The van der Waals surface area contributed by atoms with E-state index in [-0.39, 0.29) is 24.5 Å². The number of nitrogens with zero attached hydrogens (tertiary/aromatic N) is 1. The summed E-state index contributed by atoms with van der Waals surface area (Å²) in [6, 6.07) is 13.0. The zero-order valence-electron chi connectivity index (χ0n) is 12.2. The van der Waals surface area contributed by atoms with Gasteiger partial charge in [0.05, 0.1) is 10.6 Å². The number of thiazole rings is 1. The second kappa shape index (κ2) is 7.30. The maximum Gasteiger partial charge on any atom is 0.226 e. The van der Waals surface area contributed by atoms with Crippen LogP contribution in [0.3, 0.4) is 0 Å². The van der Waals surface area contributed by atoms with Gasteiger partial charge in [0, 0.05) is 23.8 Å². The molecule has 4 nitrogen and oxygen atoms in total. The van der Waals surface area contributed by atoms with Gasteiger partial charge in [-0.15, -0.1) is 22.7 Å². The van der Waals surface area contributed by atoms with E-state index in [2.05, 4.69) is 10.3 Å². The fraction of sp³-hybridized carbons (Fsp3) is 0.118. The Morgan fingerprint density at radius 2 is 1.83 bits per heavy atom. The summed E-state index contributed by atoms with van der Waals surface area (Å²) >= 11 is 2.99. The Labute approximate surface area is 141 Å². The minimum absolute atomic E-state index is 0.0286. The Bertz CT molecular complexity index is 795. The second-order valence-electron chi connectivity index (χ2n) is 4.85. The topological polar surface area (TPSA) is 59.1 Å². The third-order valence-corrected chi connectivity index (χ3v) is 4.85. The molecule has 0 aliphatic rings. The maximum absolute atomic E-state index is 12.0. The number of amides is 1. The van der Waals surface area contributed by atoms with Crippen LogP contribution >= 0.6 is 22.7 Å². The molecule has 2 aromatic heterocycles. The van der Waals surface area contributed by atoms with Crippen LogP contribution in [0, 0.1) is 0 Å². The molecule has 0 fully saturated rings. The van der Waals surface area contributed by atoms with Gasteiger partial charge in [-0.1, -0.05) is 36.4 Å². The largest absolute Gasteiger partial charge is 0.302 e. The first-order valence-corrected chi connectivity index (χ1v) is 8.86. The van der Waals surface area contributed by atoms with Gasteiger partial charge in [-0.25, -0.2) is 4.98 Å². The Hall–Kier alpha value is -2.31. The Balaban J connectivity index is 1.53. The van der Waals surface area contributed by atoms with Gasteiger partial charge in [-0.3, -0.25) is 9.59 Å². The van der Waals surface area contributed by atoms with E-state index in [0.717, 1.165) is 10.6 Å². The van der Waals surface area contributed by atoms with Crippen LogP contribution in [0.1, 0.15) is 23.2 Å². The molecular weight excluding hydrogens is 328 g/mol. The summed E-state index contributed by atoms with van der Waals surface area (Å²) in [4.78, 5) is 29.4. The van der Waals surface area contributed by atoms with Gasteiger partial charge in [0.2, 0.25) is 5.91 Å². The van der Waals surface area contributed by atoms with E-state index in [9.17, 15) is 9.59 Å². The number of nitrogens with one attached hydrogen (secondary N) is 1. The van der Waals surface area contributed by atoms with Crippen LogP contribution in [0.2, 0.25) is 0 Å². The predicted molar refractivity (Wildman–Crippen MR) is 94.1 cm³/mol. The molecule has 116 valence electrons. The molecule has 3 aromatic rings. The van der Waals surface area contributed by atoms with Gasteiger partial charge in [-0.05, 0) is 11.4 Å². The summed E-state index contributed by atoms with van der Waals surface area (Å²) in [5.41, 5.74) is 1.50. The number of aromatic nitrogens is 1. The number of anilines is 1. The molecule has 1 aromatic carbocycles. The molecule has 1 N–H and O–H groups in total. The molecule has 0 saturated heterocycles. The molecule has 0 radical (unpaired) electrons. The number of ketones is 1. The number of hydrogen-bond donors (Lipinski definition) is 1. The highest BCUT2D eigenvalue weighted by Gasteiger charge is 2.11. The van der Waals surface area contributed by atoms with Gasteiger partial charge in [0.25, 0.3) is 0 Å². The molecule has 0 aliphatic carbocycles. The van der Waals surface area contributed by atoms with Crippen molar-refractivity contribution in [3.63, 3.8) is 0 Å². The summed E-state index contributed by atoms with van der Waals surface area (Å²) in [6.07, 6.45) is 0.348. The van der Waals surface area contributed by atoms with Crippen LogP contribution in [0.5, 0.6) is 0 Å². The first-order valence-electron chi connectivity index (χ1n) is 7.10. The lowest BCUT2D eigenvalue weighted by atomic mass is 10.1. The van der Waals surface area contributed by atoms with Crippen LogP contribution in [-0.2, 0) is 4.79 Å². The highest BCUT2D eigenvalue weighted by atomic mass is 32.1. The van der Waals surface area contributed by atoms with E-state index in [0.29, 0.717) is 10.7 Å². The van der Waals surface area contributed by atoms with Gasteiger partial charge in [0.15, 0.2) is 10.9 Å². The SMILES string of the molecule is O=C(CCC(=O)c1ccccc1)Nc1nc(-c2cccs2)cs1. The monoisotopic (exact) mass is 342 g/mol. The van der Waals surface area contributed by atoms with Crippen LogP contribution < -0.4 is 5.32 Å². The highest BCUT2D eigenvalue weighted by Crippen LogP contribution is 2.28. The highest BCUT2D eigenvalue weighted by molar-refractivity contribution is 7.16. The van der Waals surface area contributed by atoms with Crippen LogP contribution in [0.25, 0.3) is 10.6 Å². The lowest BCUT2D eigenvalue weighted by molar-refractivity contribution is -0.116. The zero-order valence-corrected chi connectivity index (χ0v) is 13.8. The van der Waals surface area contributed by atoms with E-state index >= 15 is 0 Å². The smallest absolute Gasteiger partial charge is 0.226 e. The summed E-state index contributed by atoms with van der Waals surface area (Å²) in [5.74, 6) is -0.222. The van der Waals surface area contributed by atoms with Crippen molar-refractivity contribution in [2.45, 2.75) is 12.8 Å². The van der Waals surface area contributed by atoms with Crippen molar-refractivity contribution >= 4 is 39.5 Å². The van der Waals surface area contributed by atoms with Crippen LogP contribution in [0.4, 0.5) is 5.13 Å². The average Bonchev–Trinajstić information content (AvgIpc) is 3.24. The lowest BCUT2D eigenvalue weighted by Crippen LogP contribution is -2.13. The molecule has 1 amide bonds. The molecule has 23 heavy (non-hydrogen) atoms. The number of Topliss-reactive ketones (excluding diaryl/α,β-unsaturated/α-hetero) is 1. The minimum atomic E-state index is -0.193. The van der Waals surface area contributed by atoms with Crippen LogP contribution in [-0.4, -0.2) is 16.7 Å². The fourth-order valence-electron chi connectivity index (χ4n) is 2.05. The fourth-order valence-corrected chi connectivity index (χ4v) is 3.53. The molecule has 6 heteroatoms. The zero-order chi connectivity index (χ0) is 16.1. The van der Waals surface area contributed by atoms with Crippen molar-refractivity contribution in [2.24, 2.45) is 0 Å². The maximum atomic E-state index is 12.0. The minimum Gasteiger partial charge on any atom is -0.302 e. The van der Waals surface area contributed by atoms with Gasteiger partial charge >= 0.3 is 0 Å². The molecule has 0 saturated carbocycles. The van der Waals surface area contributed by atoms with E-state index in [1.54, 1.807) is 23.5 Å². The molecule has 2 heterocycles. The van der Waals surface area contributed by atoms with Crippen molar-refractivity contribution in [3.8, 4) is 10.6 Å². The molecule has 0 atom stereocenters. The van der Waals surface area contributed by atoms with Gasteiger partial charge in [0.1, 0.15) is 0 Å². The van der Waals surface area contributed by atoms with Gasteiger partial charge in [-0.2, -0.15) is 0 Å².